The van der Waals surface area contributed by atoms with Gasteiger partial charge in [0.05, 0.1) is 6.54 Å². The summed E-state index contributed by atoms with van der Waals surface area (Å²) >= 11 is 0. The average molecular weight is 381 g/mol. The number of hydrogen-bond donors (Lipinski definition) is 1. The second kappa shape index (κ2) is 7.99. The Bertz CT molecular complexity index is 925. The Hall–Kier alpha value is -2.91. The fourth-order valence-corrected chi connectivity index (χ4v) is 3.23. The number of nitrogens with zero attached hydrogens (tertiary/aromatic N) is 6. The van der Waals surface area contributed by atoms with Gasteiger partial charge in [0, 0.05) is 55.8 Å². The summed E-state index contributed by atoms with van der Waals surface area (Å²) in [7, 11) is 3.57. The van der Waals surface area contributed by atoms with Gasteiger partial charge >= 0.3 is 0 Å². The topological polar surface area (TPSA) is 116 Å². The van der Waals surface area contributed by atoms with E-state index < -0.39 is 0 Å². The molecule has 9 heteroatoms. The fourth-order valence-electron chi connectivity index (χ4n) is 3.23. The highest BCUT2D eigenvalue weighted by molar-refractivity contribution is 5.52. The van der Waals surface area contributed by atoms with Gasteiger partial charge in [-0.15, -0.1) is 0 Å². The van der Waals surface area contributed by atoms with Gasteiger partial charge in [0.2, 0.25) is 11.7 Å². The van der Waals surface area contributed by atoms with Crippen LogP contribution in [-0.4, -0.2) is 45.3 Å². The van der Waals surface area contributed by atoms with Crippen molar-refractivity contribution >= 4 is 5.82 Å². The van der Waals surface area contributed by atoms with E-state index in [2.05, 4.69) is 25.1 Å². The molecule has 0 aliphatic heterocycles. The van der Waals surface area contributed by atoms with Crippen molar-refractivity contribution in [1.29, 1.82) is 0 Å². The van der Waals surface area contributed by atoms with Crippen LogP contribution in [-0.2, 0) is 17.9 Å². The molecular weight excluding hydrogens is 358 g/mol. The first-order chi connectivity index (χ1) is 13.6. The van der Waals surface area contributed by atoms with Crippen LogP contribution in [0.5, 0.6) is 0 Å². The van der Waals surface area contributed by atoms with Gasteiger partial charge in [0.25, 0.3) is 0 Å². The molecule has 0 atom stereocenters. The SMILES string of the molecule is COCc1nc(C2CC(N)C2)cc(N(C)Cc2nc(-c3ccncc3)no2)n1. The molecule has 9 nitrogen and oxygen atoms in total. The molecule has 0 saturated heterocycles. The third kappa shape index (κ3) is 4.00. The molecule has 0 radical (unpaired) electrons. The third-order valence-corrected chi connectivity index (χ3v) is 4.82. The van der Waals surface area contributed by atoms with Crippen molar-refractivity contribution in [1.82, 2.24) is 25.1 Å². The van der Waals surface area contributed by atoms with Crippen molar-refractivity contribution in [3.63, 3.8) is 0 Å². The molecule has 0 aromatic carbocycles. The summed E-state index contributed by atoms with van der Waals surface area (Å²) in [6, 6.07) is 5.96. The second-order valence-corrected chi connectivity index (χ2v) is 7.03. The summed E-state index contributed by atoms with van der Waals surface area (Å²) in [6.07, 6.45) is 5.30. The molecule has 1 fully saturated rings. The van der Waals surface area contributed by atoms with Gasteiger partial charge in [-0.1, -0.05) is 5.16 Å². The van der Waals surface area contributed by atoms with Crippen LogP contribution in [0.3, 0.4) is 0 Å². The molecule has 2 N–H and O–H groups in total. The van der Waals surface area contributed by atoms with Gasteiger partial charge in [-0.25, -0.2) is 9.97 Å². The highest BCUT2D eigenvalue weighted by atomic mass is 16.5. The normalized spacial score (nSPS) is 18.7. The Balaban J connectivity index is 1.52. The molecule has 3 heterocycles. The van der Waals surface area contributed by atoms with Gasteiger partial charge in [-0.3, -0.25) is 4.98 Å². The average Bonchev–Trinajstić information content (AvgIpc) is 3.15. The van der Waals surface area contributed by atoms with Crippen LogP contribution in [0.25, 0.3) is 11.4 Å². The first kappa shape index (κ1) is 18.5. The number of anilines is 1. The number of pyridine rings is 1. The first-order valence-corrected chi connectivity index (χ1v) is 9.19. The lowest BCUT2D eigenvalue weighted by molar-refractivity contribution is 0.177. The second-order valence-electron chi connectivity index (χ2n) is 7.03. The smallest absolute Gasteiger partial charge is 0.246 e. The Morgan fingerprint density at radius 3 is 2.71 bits per heavy atom. The molecule has 1 saturated carbocycles. The predicted molar refractivity (Wildman–Crippen MR) is 102 cm³/mol. The molecule has 0 spiro atoms. The number of ether oxygens (including phenoxy) is 1. The largest absolute Gasteiger partial charge is 0.377 e. The summed E-state index contributed by atoms with van der Waals surface area (Å²) < 4.78 is 10.6. The lowest BCUT2D eigenvalue weighted by atomic mass is 9.78. The van der Waals surface area contributed by atoms with Gasteiger partial charge < -0.3 is 19.9 Å². The van der Waals surface area contributed by atoms with Crippen molar-refractivity contribution < 1.29 is 9.26 Å². The van der Waals surface area contributed by atoms with Crippen LogP contribution in [0.15, 0.2) is 35.1 Å². The van der Waals surface area contributed by atoms with Gasteiger partial charge in [-0.05, 0) is 25.0 Å². The first-order valence-electron chi connectivity index (χ1n) is 9.19. The molecule has 3 aromatic heterocycles. The van der Waals surface area contributed by atoms with E-state index in [1.54, 1.807) is 19.5 Å². The number of aromatic nitrogens is 5. The van der Waals surface area contributed by atoms with Crippen molar-refractivity contribution in [2.24, 2.45) is 5.73 Å². The lowest BCUT2D eigenvalue weighted by Gasteiger charge is -2.32. The van der Waals surface area contributed by atoms with E-state index in [0.29, 0.717) is 36.6 Å². The zero-order valence-corrected chi connectivity index (χ0v) is 15.9. The maximum atomic E-state index is 5.94. The Morgan fingerprint density at radius 2 is 2.00 bits per heavy atom. The minimum absolute atomic E-state index is 0.261. The molecule has 0 bridgehead atoms. The van der Waals surface area contributed by atoms with Crippen LogP contribution in [0.2, 0.25) is 0 Å². The molecule has 0 unspecified atom stereocenters. The molecule has 1 aliphatic carbocycles. The van der Waals surface area contributed by atoms with Crippen molar-refractivity contribution in [2.75, 3.05) is 19.1 Å². The number of hydrogen-bond acceptors (Lipinski definition) is 9. The van der Waals surface area contributed by atoms with E-state index >= 15 is 0 Å². The van der Waals surface area contributed by atoms with E-state index in [4.69, 9.17) is 15.0 Å². The maximum Gasteiger partial charge on any atom is 0.246 e. The number of nitrogens with two attached hydrogens (primary N) is 1. The minimum atomic E-state index is 0.261. The highest BCUT2D eigenvalue weighted by Gasteiger charge is 2.29. The summed E-state index contributed by atoms with van der Waals surface area (Å²) in [5.41, 5.74) is 7.81. The van der Waals surface area contributed by atoms with Crippen molar-refractivity contribution in [2.45, 2.75) is 38.0 Å². The molecule has 146 valence electrons. The molecule has 3 aromatic rings. The van der Waals surface area contributed by atoms with Crippen molar-refractivity contribution in [3.05, 3.63) is 48.0 Å². The number of methoxy groups -OCH3 is 1. The summed E-state index contributed by atoms with van der Waals surface area (Å²) in [4.78, 5) is 19.7. The number of rotatable bonds is 7. The standard InChI is InChI=1S/C19H23N7O2/c1-26(10-18-24-19(25-28-18)12-3-5-21-6-4-12)17-9-15(13-7-14(20)8-13)22-16(23-17)11-27-2/h3-6,9,13-14H,7-8,10-11,20H2,1-2H3. The van der Waals surface area contributed by atoms with Gasteiger partial charge in [0.1, 0.15) is 12.4 Å². The van der Waals surface area contributed by atoms with Crippen molar-refractivity contribution in [3.8, 4) is 11.4 Å². The molecular formula is C19H23N7O2. The Morgan fingerprint density at radius 1 is 1.21 bits per heavy atom. The summed E-state index contributed by atoms with van der Waals surface area (Å²) in [5.74, 6) is 2.88. The van der Waals surface area contributed by atoms with Crippen LogP contribution in [0.1, 0.15) is 36.2 Å². The maximum absolute atomic E-state index is 5.94. The Kier molecular flexibility index (Phi) is 5.27. The van der Waals surface area contributed by atoms with Crippen LogP contribution >= 0.6 is 0 Å². The fraction of sp³-hybridized carbons (Fsp3) is 0.421. The van der Waals surface area contributed by atoms with Crippen LogP contribution in [0.4, 0.5) is 5.82 Å². The highest BCUT2D eigenvalue weighted by Crippen LogP contribution is 2.35. The molecule has 0 amide bonds. The van der Waals surface area contributed by atoms with E-state index in [1.807, 2.05) is 30.1 Å². The lowest BCUT2D eigenvalue weighted by Crippen LogP contribution is -2.35. The van der Waals surface area contributed by atoms with Crippen LogP contribution < -0.4 is 10.6 Å². The van der Waals surface area contributed by atoms with Gasteiger partial charge in [0.15, 0.2) is 5.82 Å². The summed E-state index contributed by atoms with van der Waals surface area (Å²) in [6.45, 7) is 0.797. The van der Waals surface area contributed by atoms with E-state index in [0.717, 1.165) is 29.9 Å². The van der Waals surface area contributed by atoms with Gasteiger partial charge in [-0.2, -0.15) is 4.98 Å². The minimum Gasteiger partial charge on any atom is -0.377 e. The van der Waals surface area contributed by atoms with E-state index in [-0.39, 0.29) is 6.04 Å². The predicted octanol–water partition coefficient (Wildman–Crippen LogP) is 1.91. The zero-order valence-electron chi connectivity index (χ0n) is 15.9. The molecule has 28 heavy (non-hydrogen) atoms. The van der Waals surface area contributed by atoms with Crippen LogP contribution in [0, 0.1) is 0 Å². The van der Waals surface area contributed by atoms with E-state index in [1.165, 1.54) is 0 Å². The molecule has 1 aliphatic rings. The van der Waals surface area contributed by atoms with E-state index in [9.17, 15) is 0 Å². The Labute approximate surface area is 163 Å². The molecule has 4 rings (SSSR count). The zero-order chi connectivity index (χ0) is 19.5. The third-order valence-electron chi connectivity index (χ3n) is 4.82. The summed E-state index contributed by atoms with van der Waals surface area (Å²) in [5, 5.41) is 4.05. The monoisotopic (exact) mass is 381 g/mol. The quantitative estimate of drug-likeness (QED) is 0.655.